The first-order chi connectivity index (χ1) is 9.59. The molecule has 0 bridgehead atoms. The first-order valence-electron chi connectivity index (χ1n) is 7.00. The van der Waals surface area contributed by atoms with Gasteiger partial charge in [0.15, 0.2) is 0 Å². The second-order valence-electron chi connectivity index (χ2n) is 5.10. The van der Waals surface area contributed by atoms with Gasteiger partial charge in [0, 0.05) is 25.2 Å². The number of ether oxygens (including phenoxy) is 1. The molecular weight excluding hydrogens is 356 g/mol. The summed E-state index contributed by atoms with van der Waals surface area (Å²) in [6, 6.07) is 8.26. The number of piperazine rings is 1. The molecule has 2 atom stereocenters. The summed E-state index contributed by atoms with van der Waals surface area (Å²) in [6.45, 7) is 6.25. The van der Waals surface area contributed by atoms with Crippen molar-refractivity contribution in [1.29, 1.82) is 0 Å². The molecule has 0 saturated carbocycles. The van der Waals surface area contributed by atoms with Crippen molar-refractivity contribution in [1.82, 2.24) is 10.2 Å². The van der Waals surface area contributed by atoms with Crippen LogP contribution in [0.4, 0.5) is 0 Å². The summed E-state index contributed by atoms with van der Waals surface area (Å²) >= 11 is 3.43. The van der Waals surface area contributed by atoms with Crippen molar-refractivity contribution in [2.75, 3.05) is 19.7 Å². The van der Waals surface area contributed by atoms with E-state index in [-0.39, 0.29) is 24.4 Å². The largest absolute Gasteiger partial charge is 0.492 e. The number of halogens is 2. The predicted octanol–water partition coefficient (Wildman–Crippen LogP) is 2.85. The summed E-state index contributed by atoms with van der Waals surface area (Å²) in [7, 11) is 0. The Hall–Kier alpha value is -0.780. The van der Waals surface area contributed by atoms with Gasteiger partial charge in [-0.2, -0.15) is 0 Å². The molecule has 4 nitrogen and oxygen atoms in total. The van der Waals surface area contributed by atoms with Gasteiger partial charge in [-0.25, -0.2) is 0 Å². The average molecular weight is 378 g/mol. The summed E-state index contributed by atoms with van der Waals surface area (Å²) in [6.07, 6.45) is 0.415. The smallest absolute Gasteiger partial charge is 0.226 e. The molecule has 1 fully saturated rings. The number of hydrogen-bond donors (Lipinski definition) is 1. The molecule has 2 rings (SSSR count). The first kappa shape index (κ1) is 18.3. The topological polar surface area (TPSA) is 41.6 Å². The van der Waals surface area contributed by atoms with Crippen LogP contribution >= 0.6 is 28.3 Å². The third-order valence-electron chi connectivity index (χ3n) is 3.76. The highest BCUT2D eigenvalue weighted by atomic mass is 79.9. The van der Waals surface area contributed by atoms with Crippen LogP contribution in [0.1, 0.15) is 20.3 Å². The first-order valence-corrected chi connectivity index (χ1v) is 7.79. The van der Waals surface area contributed by atoms with Crippen LogP contribution in [0.2, 0.25) is 0 Å². The molecule has 6 heteroatoms. The van der Waals surface area contributed by atoms with Crippen LogP contribution in [0.5, 0.6) is 5.75 Å². The highest BCUT2D eigenvalue weighted by Gasteiger charge is 2.27. The highest BCUT2D eigenvalue weighted by molar-refractivity contribution is 9.10. The maximum Gasteiger partial charge on any atom is 0.226 e. The monoisotopic (exact) mass is 376 g/mol. The Morgan fingerprint density at radius 1 is 1.43 bits per heavy atom. The number of nitrogens with zero attached hydrogens (tertiary/aromatic N) is 1. The Labute approximate surface area is 140 Å². The molecule has 1 aliphatic heterocycles. The molecule has 0 aromatic heterocycles. The van der Waals surface area contributed by atoms with E-state index < -0.39 is 0 Å². The Morgan fingerprint density at radius 3 is 2.86 bits per heavy atom. The molecule has 0 radical (unpaired) electrons. The molecule has 1 N–H and O–H groups in total. The number of rotatable bonds is 4. The third kappa shape index (κ3) is 4.87. The minimum absolute atomic E-state index is 0. The lowest BCUT2D eigenvalue weighted by Gasteiger charge is -2.38. The Morgan fingerprint density at radius 2 is 2.14 bits per heavy atom. The molecule has 2 unspecified atom stereocenters. The van der Waals surface area contributed by atoms with Crippen LogP contribution in [-0.2, 0) is 4.79 Å². The highest BCUT2D eigenvalue weighted by Crippen LogP contribution is 2.23. The average Bonchev–Trinajstić information content (AvgIpc) is 2.44. The summed E-state index contributed by atoms with van der Waals surface area (Å²) in [5.74, 6) is 0.944. The number of carbonyl (C=O) groups excluding carboxylic acids is 1. The van der Waals surface area contributed by atoms with Gasteiger partial charge in [-0.05, 0) is 41.9 Å². The molecule has 1 amide bonds. The number of nitrogens with one attached hydrogen (secondary N) is 1. The molecule has 21 heavy (non-hydrogen) atoms. The van der Waals surface area contributed by atoms with Crippen molar-refractivity contribution >= 4 is 34.2 Å². The quantitative estimate of drug-likeness (QED) is 0.877. The van der Waals surface area contributed by atoms with Gasteiger partial charge >= 0.3 is 0 Å². The zero-order valence-electron chi connectivity index (χ0n) is 12.3. The van der Waals surface area contributed by atoms with Crippen molar-refractivity contribution in [3.8, 4) is 5.75 Å². The second-order valence-corrected chi connectivity index (χ2v) is 5.95. The van der Waals surface area contributed by atoms with E-state index in [2.05, 4.69) is 35.1 Å². The Kier molecular flexibility index (Phi) is 7.49. The SMILES string of the molecule is CC1NCCN(C(=O)CCOc2ccccc2Br)C1C.Cl. The molecule has 1 saturated heterocycles. The maximum absolute atomic E-state index is 12.2. The van der Waals surface area contributed by atoms with Gasteiger partial charge in [-0.1, -0.05) is 12.1 Å². The van der Waals surface area contributed by atoms with Crippen molar-refractivity contribution in [3.05, 3.63) is 28.7 Å². The fraction of sp³-hybridized carbons (Fsp3) is 0.533. The van der Waals surface area contributed by atoms with Crippen molar-refractivity contribution in [3.63, 3.8) is 0 Å². The van der Waals surface area contributed by atoms with Crippen LogP contribution < -0.4 is 10.1 Å². The number of para-hydroxylation sites is 1. The summed E-state index contributed by atoms with van der Waals surface area (Å²) in [4.78, 5) is 14.2. The normalized spacial score (nSPS) is 21.6. The van der Waals surface area contributed by atoms with Crippen LogP contribution in [0.15, 0.2) is 28.7 Å². The zero-order chi connectivity index (χ0) is 14.5. The fourth-order valence-corrected chi connectivity index (χ4v) is 2.76. The summed E-state index contributed by atoms with van der Waals surface area (Å²) in [5.41, 5.74) is 0. The van der Waals surface area contributed by atoms with Crippen LogP contribution in [0, 0.1) is 0 Å². The van der Waals surface area contributed by atoms with E-state index >= 15 is 0 Å². The molecule has 1 aliphatic rings. The number of hydrogen-bond acceptors (Lipinski definition) is 3. The fourth-order valence-electron chi connectivity index (χ4n) is 2.36. The van der Waals surface area contributed by atoms with E-state index in [1.165, 1.54) is 0 Å². The van der Waals surface area contributed by atoms with Gasteiger partial charge in [0.25, 0.3) is 0 Å². The van der Waals surface area contributed by atoms with Gasteiger partial charge in [0.2, 0.25) is 5.91 Å². The van der Waals surface area contributed by atoms with Gasteiger partial charge in [0.1, 0.15) is 5.75 Å². The van der Waals surface area contributed by atoms with Crippen molar-refractivity contribution in [2.45, 2.75) is 32.4 Å². The molecule has 1 aromatic carbocycles. The summed E-state index contributed by atoms with van der Waals surface area (Å²) in [5, 5.41) is 3.37. The van der Waals surface area contributed by atoms with E-state index in [4.69, 9.17) is 4.74 Å². The van der Waals surface area contributed by atoms with Gasteiger partial charge < -0.3 is 15.0 Å². The van der Waals surface area contributed by atoms with E-state index in [0.29, 0.717) is 19.1 Å². The molecule has 1 heterocycles. The standard InChI is InChI=1S/C15H21BrN2O2.ClH/c1-11-12(2)18(9-8-17-11)15(19)7-10-20-14-6-4-3-5-13(14)16;/h3-6,11-12,17H,7-10H2,1-2H3;1H. The van der Waals surface area contributed by atoms with Crippen LogP contribution in [-0.4, -0.2) is 42.6 Å². The molecular formula is C15H22BrClN2O2. The lowest BCUT2D eigenvalue weighted by Crippen LogP contribution is -2.57. The lowest BCUT2D eigenvalue weighted by atomic mass is 10.1. The number of carbonyl (C=O) groups is 1. The van der Waals surface area contributed by atoms with Gasteiger partial charge in [-0.3, -0.25) is 4.79 Å². The van der Waals surface area contributed by atoms with E-state index in [0.717, 1.165) is 23.3 Å². The number of amides is 1. The van der Waals surface area contributed by atoms with E-state index in [9.17, 15) is 4.79 Å². The molecule has 0 spiro atoms. The zero-order valence-corrected chi connectivity index (χ0v) is 14.7. The van der Waals surface area contributed by atoms with Crippen molar-refractivity contribution in [2.24, 2.45) is 0 Å². The maximum atomic E-state index is 12.2. The van der Waals surface area contributed by atoms with Crippen LogP contribution in [0.3, 0.4) is 0 Å². The van der Waals surface area contributed by atoms with E-state index in [1.54, 1.807) is 0 Å². The van der Waals surface area contributed by atoms with Gasteiger partial charge in [-0.15, -0.1) is 12.4 Å². The minimum atomic E-state index is 0. The Bertz CT molecular complexity index is 473. The molecule has 0 aliphatic carbocycles. The van der Waals surface area contributed by atoms with Gasteiger partial charge in [0.05, 0.1) is 17.5 Å². The molecule has 118 valence electrons. The lowest BCUT2D eigenvalue weighted by molar-refractivity contribution is -0.135. The second kappa shape index (κ2) is 8.61. The minimum Gasteiger partial charge on any atom is -0.492 e. The van der Waals surface area contributed by atoms with Crippen LogP contribution in [0.25, 0.3) is 0 Å². The predicted molar refractivity (Wildman–Crippen MR) is 90.1 cm³/mol. The summed E-state index contributed by atoms with van der Waals surface area (Å²) < 4.78 is 6.56. The molecule has 1 aromatic rings. The van der Waals surface area contributed by atoms with Crippen molar-refractivity contribution < 1.29 is 9.53 Å². The third-order valence-corrected chi connectivity index (χ3v) is 4.42. The Balaban J connectivity index is 0.00000220. The van der Waals surface area contributed by atoms with E-state index in [1.807, 2.05) is 29.2 Å². The number of benzene rings is 1.